The first-order valence-corrected chi connectivity index (χ1v) is 7.63. The molecule has 0 saturated carbocycles. The number of benzene rings is 1. The van der Waals surface area contributed by atoms with Crippen molar-refractivity contribution in [3.63, 3.8) is 0 Å². The summed E-state index contributed by atoms with van der Waals surface area (Å²) in [7, 11) is 0. The summed E-state index contributed by atoms with van der Waals surface area (Å²) in [5, 5.41) is 16.7. The lowest BCUT2D eigenvalue weighted by molar-refractivity contribution is 0.338. The van der Waals surface area contributed by atoms with E-state index in [2.05, 4.69) is 11.4 Å². The van der Waals surface area contributed by atoms with Gasteiger partial charge in [0.1, 0.15) is 11.8 Å². The van der Waals surface area contributed by atoms with Gasteiger partial charge in [0, 0.05) is 22.4 Å². The fourth-order valence-corrected chi connectivity index (χ4v) is 2.97. The van der Waals surface area contributed by atoms with Crippen molar-refractivity contribution in [3.8, 4) is 11.8 Å². The highest BCUT2D eigenvalue weighted by Gasteiger charge is 2.15. The number of hydrogen-bond donors (Lipinski definition) is 1. The first kappa shape index (κ1) is 15.0. The van der Waals surface area contributed by atoms with E-state index in [-0.39, 0.29) is 0 Å². The van der Waals surface area contributed by atoms with Gasteiger partial charge in [-0.15, -0.1) is 11.3 Å². The maximum Gasteiger partial charge on any atom is 0.125 e. The van der Waals surface area contributed by atoms with Gasteiger partial charge in [-0.25, -0.2) is 0 Å². The number of hydrogen-bond acceptors (Lipinski definition) is 4. The summed E-state index contributed by atoms with van der Waals surface area (Å²) in [6, 6.07) is 3.85. The van der Waals surface area contributed by atoms with E-state index in [0.717, 1.165) is 5.56 Å². The lowest BCUT2D eigenvalue weighted by Gasteiger charge is -2.15. The van der Waals surface area contributed by atoms with E-state index >= 15 is 0 Å². The van der Waals surface area contributed by atoms with Crippen LogP contribution >= 0.6 is 34.5 Å². The van der Waals surface area contributed by atoms with Gasteiger partial charge in [0.15, 0.2) is 0 Å². The lowest BCUT2D eigenvalue weighted by Crippen LogP contribution is -1.99. The molecule has 0 atom stereocenters. The van der Waals surface area contributed by atoms with Gasteiger partial charge in [0.05, 0.1) is 33.6 Å². The Hall–Kier alpha value is -1.41. The number of nitriles is 1. The summed E-state index contributed by atoms with van der Waals surface area (Å²) >= 11 is 14.0. The van der Waals surface area contributed by atoms with E-state index in [4.69, 9.17) is 33.2 Å². The summed E-state index contributed by atoms with van der Waals surface area (Å²) in [5.74, 6) is 0.666. The van der Waals surface area contributed by atoms with Crippen molar-refractivity contribution in [1.82, 2.24) is 0 Å². The summed E-state index contributed by atoms with van der Waals surface area (Å²) in [6.45, 7) is 4.31. The molecule has 2 rings (SSSR count). The number of anilines is 2. The minimum atomic E-state index is 0.458. The maximum absolute atomic E-state index is 9.02. The van der Waals surface area contributed by atoms with Crippen LogP contribution in [-0.2, 0) is 0 Å². The van der Waals surface area contributed by atoms with Crippen molar-refractivity contribution in [2.45, 2.75) is 13.8 Å². The molecule has 20 heavy (non-hydrogen) atoms. The molecule has 1 aromatic heterocycles. The number of nitrogens with zero attached hydrogens (tertiary/aromatic N) is 1. The molecule has 0 saturated heterocycles. The average molecular weight is 327 g/mol. The molecule has 6 heteroatoms. The van der Waals surface area contributed by atoms with Crippen LogP contribution in [0.15, 0.2) is 16.8 Å². The quantitative estimate of drug-likeness (QED) is 0.820. The smallest absolute Gasteiger partial charge is 0.125 e. The summed E-state index contributed by atoms with van der Waals surface area (Å²) < 4.78 is 5.49. The molecule has 0 amide bonds. The third-order valence-corrected chi connectivity index (χ3v) is 4.27. The van der Waals surface area contributed by atoms with Crippen molar-refractivity contribution in [3.05, 3.63) is 38.0 Å². The van der Waals surface area contributed by atoms with Crippen LogP contribution in [0, 0.1) is 18.3 Å². The molecule has 1 aromatic carbocycles. The number of ether oxygens (including phenoxy) is 1. The van der Waals surface area contributed by atoms with Crippen LogP contribution in [0.4, 0.5) is 11.4 Å². The van der Waals surface area contributed by atoms with Gasteiger partial charge in [-0.05, 0) is 13.8 Å². The number of nitrogens with one attached hydrogen (secondary N) is 1. The normalized spacial score (nSPS) is 10.2. The number of rotatable bonds is 4. The zero-order chi connectivity index (χ0) is 14.7. The summed E-state index contributed by atoms with van der Waals surface area (Å²) in [5.41, 5.74) is 2.66. The minimum Gasteiger partial charge on any atom is -0.493 e. The molecular weight excluding hydrogens is 315 g/mol. The Labute approximate surface area is 131 Å². The van der Waals surface area contributed by atoms with E-state index < -0.39 is 0 Å². The van der Waals surface area contributed by atoms with E-state index in [1.54, 1.807) is 11.4 Å². The van der Waals surface area contributed by atoms with Crippen LogP contribution in [0.5, 0.6) is 5.75 Å². The van der Waals surface area contributed by atoms with E-state index in [1.807, 2.05) is 19.2 Å². The maximum atomic E-state index is 9.02. The molecule has 0 aliphatic carbocycles. The fraction of sp³-hybridized carbons (Fsp3) is 0.214. The van der Waals surface area contributed by atoms with Gasteiger partial charge in [-0.3, -0.25) is 0 Å². The van der Waals surface area contributed by atoms with Gasteiger partial charge >= 0.3 is 0 Å². The molecule has 104 valence electrons. The summed E-state index contributed by atoms with van der Waals surface area (Å²) in [4.78, 5) is 0. The minimum absolute atomic E-state index is 0.458. The molecule has 0 unspecified atom stereocenters. The topological polar surface area (TPSA) is 45.0 Å². The van der Waals surface area contributed by atoms with Gasteiger partial charge < -0.3 is 10.1 Å². The van der Waals surface area contributed by atoms with Crippen LogP contribution in [0.1, 0.15) is 18.1 Å². The second kappa shape index (κ2) is 6.36. The van der Waals surface area contributed by atoms with Gasteiger partial charge in [0.2, 0.25) is 0 Å². The Morgan fingerprint density at radius 1 is 1.40 bits per heavy atom. The fourth-order valence-electron chi connectivity index (χ4n) is 1.73. The third kappa shape index (κ3) is 2.85. The van der Waals surface area contributed by atoms with Crippen LogP contribution < -0.4 is 10.1 Å². The lowest BCUT2D eigenvalue weighted by atomic mass is 10.2. The highest BCUT2D eigenvalue weighted by atomic mass is 35.5. The Morgan fingerprint density at radius 3 is 2.80 bits per heavy atom. The highest BCUT2D eigenvalue weighted by Crippen LogP contribution is 2.41. The van der Waals surface area contributed by atoms with Crippen LogP contribution in [-0.4, -0.2) is 6.61 Å². The van der Waals surface area contributed by atoms with E-state index in [0.29, 0.717) is 39.3 Å². The van der Waals surface area contributed by atoms with E-state index in [9.17, 15) is 0 Å². The SMILES string of the molecule is CCOc1cc(Cl)c(Nc2cscc2C#N)c(Cl)c1C. The largest absolute Gasteiger partial charge is 0.493 e. The van der Waals surface area contributed by atoms with Crippen molar-refractivity contribution in [2.75, 3.05) is 11.9 Å². The highest BCUT2D eigenvalue weighted by molar-refractivity contribution is 7.08. The standard InChI is InChI=1S/C14H12Cl2N2OS/c1-3-19-12-4-10(15)14(13(16)8(12)2)18-11-7-20-6-9(11)5-17/h4,6-7,18H,3H2,1-2H3. The Balaban J connectivity index is 2.43. The zero-order valence-electron chi connectivity index (χ0n) is 11.0. The monoisotopic (exact) mass is 326 g/mol. The Bertz CT molecular complexity index is 677. The zero-order valence-corrected chi connectivity index (χ0v) is 13.3. The van der Waals surface area contributed by atoms with Gasteiger partial charge in [-0.2, -0.15) is 5.26 Å². The Kier molecular flexibility index (Phi) is 4.77. The molecular formula is C14H12Cl2N2OS. The number of thiophene rings is 1. The second-order valence-electron chi connectivity index (χ2n) is 4.04. The summed E-state index contributed by atoms with van der Waals surface area (Å²) in [6.07, 6.45) is 0. The van der Waals surface area contributed by atoms with Gasteiger partial charge in [-0.1, -0.05) is 23.2 Å². The van der Waals surface area contributed by atoms with Crippen molar-refractivity contribution >= 4 is 45.9 Å². The Morgan fingerprint density at radius 2 is 2.15 bits per heavy atom. The molecule has 0 aliphatic heterocycles. The molecule has 0 spiro atoms. The molecule has 0 aliphatic rings. The molecule has 0 radical (unpaired) electrons. The van der Waals surface area contributed by atoms with Crippen LogP contribution in [0.2, 0.25) is 10.0 Å². The predicted molar refractivity (Wildman–Crippen MR) is 84.7 cm³/mol. The number of halogens is 2. The molecule has 2 aromatic rings. The average Bonchev–Trinajstić information content (AvgIpc) is 2.88. The third-order valence-electron chi connectivity index (χ3n) is 2.76. The first-order chi connectivity index (χ1) is 9.58. The molecule has 1 N–H and O–H groups in total. The van der Waals surface area contributed by atoms with Crippen molar-refractivity contribution in [1.29, 1.82) is 5.26 Å². The van der Waals surface area contributed by atoms with Crippen molar-refractivity contribution < 1.29 is 4.74 Å². The molecule has 0 bridgehead atoms. The molecule has 3 nitrogen and oxygen atoms in total. The van der Waals surface area contributed by atoms with E-state index in [1.165, 1.54) is 11.3 Å². The second-order valence-corrected chi connectivity index (χ2v) is 5.57. The molecule has 1 heterocycles. The van der Waals surface area contributed by atoms with Gasteiger partial charge in [0.25, 0.3) is 0 Å². The van der Waals surface area contributed by atoms with Crippen LogP contribution in [0.3, 0.4) is 0 Å². The molecule has 0 fully saturated rings. The van der Waals surface area contributed by atoms with Crippen molar-refractivity contribution in [2.24, 2.45) is 0 Å². The first-order valence-electron chi connectivity index (χ1n) is 5.93. The van der Waals surface area contributed by atoms with Crippen LogP contribution in [0.25, 0.3) is 0 Å². The predicted octanol–water partition coefficient (Wildman–Crippen LogP) is 5.38.